The van der Waals surface area contributed by atoms with Gasteiger partial charge in [0.1, 0.15) is 6.61 Å². The Morgan fingerprint density at radius 3 is 2.73 bits per heavy atom. The number of rotatable bonds is 3. The first-order valence-electron chi connectivity index (χ1n) is 3.08. The molecule has 61 valence electrons. The van der Waals surface area contributed by atoms with Crippen molar-refractivity contribution in [1.29, 1.82) is 0 Å². The summed E-state index contributed by atoms with van der Waals surface area (Å²) in [6.07, 6.45) is 0.346. The van der Waals surface area contributed by atoms with E-state index in [-0.39, 0.29) is 6.61 Å². The van der Waals surface area contributed by atoms with Crippen LogP contribution in [0.5, 0.6) is 0 Å². The van der Waals surface area contributed by atoms with E-state index in [4.69, 9.17) is 11.6 Å². The molecule has 4 heteroatoms. The number of carbonyl (C=O) groups is 1. The Labute approximate surface area is 65.8 Å². The Hall–Kier alpha value is -1.05. The molecule has 0 saturated heterocycles. The van der Waals surface area contributed by atoms with Crippen LogP contribution >= 0.6 is 0 Å². The minimum atomic E-state index is -0.458. The molecular weight excluding hydrogens is 144 g/mol. The summed E-state index contributed by atoms with van der Waals surface area (Å²) in [5, 5.41) is 0. The van der Waals surface area contributed by atoms with Gasteiger partial charge in [-0.3, -0.25) is 9.63 Å². The third kappa shape index (κ3) is 5.40. The predicted octanol–water partition coefficient (Wildman–Crippen LogP) is -0.794. The van der Waals surface area contributed by atoms with E-state index in [0.29, 0.717) is 6.42 Å². The molecule has 1 amide bonds. The van der Waals surface area contributed by atoms with Gasteiger partial charge in [-0.1, -0.05) is 11.8 Å². The monoisotopic (exact) mass is 155 g/mol. The lowest BCUT2D eigenvalue weighted by Gasteiger charge is -1.98. The van der Waals surface area contributed by atoms with Gasteiger partial charge >= 0.3 is 0 Å². The highest BCUT2D eigenvalue weighted by Crippen LogP contribution is 1.96. The maximum Gasteiger partial charge on any atom is 0.221 e. The van der Waals surface area contributed by atoms with E-state index < -0.39 is 11.8 Å². The minimum absolute atomic E-state index is 0.158. The Bertz CT molecular complexity index is 181. The Balaban J connectivity index is 3.55. The van der Waals surface area contributed by atoms with E-state index in [1.165, 1.54) is 0 Å². The molecule has 4 nitrogen and oxygen atoms in total. The van der Waals surface area contributed by atoms with Crippen molar-refractivity contribution in [3.05, 3.63) is 6.92 Å². The van der Waals surface area contributed by atoms with E-state index in [2.05, 4.69) is 23.6 Å². The summed E-state index contributed by atoms with van der Waals surface area (Å²) in [5.74, 6) is 9.01. The van der Waals surface area contributed by atoms with Crippen LogP contribution in [0.3, 0.4) is 0 Å². The fraction of sp³-hybridized carbons (Fsp3) is 0.429. The van der Waals surface area contributed by atoms with Gasteiger partial charge in [0.25, 0.3) is 0 Å². The van der Waals surface area contributed by atoms with Crippen LogP contribution in [0.2, 0.25) is 0 Å². The summed E-state index contributed by atoms with van der Waals surface area (Å²) in [6, 6.07) is 0. The number of hydrogen-bond acceptors (Lipinski definition) is 3. The lowest BCUT2D eigenvalue weighted by Crippen LogP contribution is -2.20. The number of primary amides is 1. The molecule has 0 fully saturated rings. The SMILES string of the molecule is [CH2]C(CC#CCON)C(N)=O. The molecule has 1 radical (unpaired) electrons. The molecule has 0 aliphatic carbocycles. The molecule has 0 saturated carbocycles. The van der Waals surface area contributed by atoms with Crippen LogP contribution in [0, 0.1) is 24.7 Å². The van der Waals surface area contributed by atoms with Crippen LogP contribution < -0.4 is 11.6 Å². The third-order valence-electron chi connectivity index (χ3n) is 1.03. The van der Waals surface area contributed by atoms with Crippen molar-refractivity contribution in [3.63, 3.8) is 0 Å². The lowest BCUT2D eigenvalue weighted by atomic mass is 10.1. The first kappa shape index (κ1) is 9.95. The Kier molecular flexibility index (Phi) is 5.17. The summed E-state index contributed by atoms with van der Waals surface area (Å²) in [7, 11) is 0. The van der Waals surface area contributed by atoms with Crippen LogP contribution in [-0.2, 0) is 9.63 Å². The summed E-state index contributed by atoms with van der Waals surface area (Å²) in [6.45, 7) is 3.64. The fourth-order valence-corrected chi connectivity index (χ4v) is 0.389. The zero-order valence-corrected chi connectivity index (χ0v) is 6.17. The molecule has 4 N–H and O–H groups in total. The van der Waals surface area contributed by atoms with Crippen LogP contribution in [-0.4, -0.2) is 12.5 Å². The second kappa shape index (κ2) is 5.71. The molecule has 11 heavy (non-hydrogen) atoms. The van der Waals surface area contributed by atoms with E-state index in [0.717, 1.165) is 0 Å². The van der Waals surface area contributed by atoms with E-state index in [1.54, 1.807) is 0 Å². The molecular formula is C7H11N2O2. The van der Waals surface area contributed by atoms with Gasteiger partial charge in [-0.05, 0) is 6.92 Å². The van der Waals surface area contributed by atoms with Crippen molar-refractivity contribution < 1.29 is 9.63 Å². The maximum atomic E-state index is 10.4. The number of nitrogens with two attached hydrogens (primary N) is 2. The largest absolute Gasteiger partial charge is 0.369 e. The highest BCUT2D eigenvalue weighted by molar-refractivity contribution is 5.77. The molecule has 0 rings (SSSR count). The van der Waals surface area contributed by atoms with Crippen LogP contribution in [0.25, 0.3) is 0 Å². The minimum Gasteiger partial charge on any atom is -0.369 e. The average molecular weight is 155 g/mol. The van der Waals surface area contributed by atoms with Crippen molar-refractivity contribution in [2.24, 2.45) is 17.5 Å². The van der Waals surface area contributed by atoms with Crippen molar-refractivity contribution >= 4 is 5.91 Å². The van der Waals surface area contributed by atoms with Crippen LogP contribution in [0.1, 0.15) is 6.42 Å². The molecule has 0 bridgehead atoms. The molecule has 0 aliphatic heterocycles. The van der Waals surface area contributed by atoms with Gasteiger partial charge < -0.3 is 5.73 Å². The van der Waals surface area contributed by atoms with Gasteiger partial charge in [-0.2, -0.15) is 0 Å². The number of amides is 1. The first-order valence-corrected chi connectivity index (χ1v) is 3.08. The van der Waals surface area contributed by atoms with E-state index in [1.807, 2.05) is 0 Å². The van der Waals surface area contributed by atoms with Gasteiger partial charge in [-0.25, -0.2) is 5.90 Å². The standard InChI is InChI=1S/C7H11N2O2/c1-6(7(8)10)4-2-3-5-11-9/h6H,1,4-5,9H2,(H2,8,10). The zero-order valence-electron chi connectivity index (χ0n) is 6.17. The molecule has 0 aromatic heterocycles. The first-order chi connectivity index (χ1) is 5.18. The lowest BCUT2D eigenvalue weighted by molar-refractivity contribution is -0.120. The Morgan fingerprint density at radius 2 is 2.27 bits per heavy atom. The fourth-order valence-electron chi connectivity index (χ4n) is 0.389. The topological polar surface area (TPSA) is 78.3 Å². The van der Waals surface area contributed by atoms with Crippen molar-refractivity contribution in [3.8, 4) is 11.8 Å². The third-order valence-corrected chi connectivity index (χ3v) is 1.03. The molecule has 0 spiro atoms. The summed E-state index contributed by atoms with van der Waals surface area (Å²) in [5.41, 5.74) is 4.93. The zero-order chi connectivity index (χ0) is 8.69. The molecule has 0 aromatic carbocycles. The molecule has 0 aromatic rings. The quantitative estimate of drug-likeness (QED) is 0.414. The average Bonchev–Trinajstić information content (AvgIpc) is 1.97. The summed E-state index contributed by atoms with van der Waals surface area (Å²) in [4.78, 5) is 14.6. The van der Waals surface area contributed by atoms with Crippen LogP contribution in [0.15, 0.2) is 0 Å². The van der Waals surface area contributed by atoms with Gasteiger partial charge in [-0.15, -0.1) is 0 Å². The number of carbonyl (C=O) groups excluding carboxylic acids is 1. The van der Waals surface area contributed by atoms with Gasteiger partial charge in [0.15, 0.2) is 0 Å². The van der Waals surface area contributed by atoms with Crippen molar-refractivity contribution in [2.45, 2.75) is 6.42 Å². The second-order valence-corrected chi connectivity index (χ2v) is 1.97. The molecule has 1 unspecified atom stereocenters. The Morgan fingerprint density at radius 1 is 1.64 bits per heavy atom. The molecule has 0 heterocycles. The van der Waals surface area contributed by atoms with Gasteiger partial charge in [0.2, 0.25) is 5.91 Å². The van der Waals surface area contributed by atoms with Crippen molar-refractivity contribution in [2.75, 3.05) is 6.61 Å². The van der Waals surface area contributed by atoms with Gasteiger partial charge in [0, 0.05) is 12.3 Å². The predicted molar refractivity (Wildman–Crippen MR) is 40.6 cm³/mol. The number of hydrogen-bond donors (Lipinski definition) is 2. The smallest absolute Gasteiger partial charge is 0.221 e. The molecule has 0 aliphatic rings. The maximum absolute atomic E-state index is 10.4. The van der Waals surface area contributed by atoms with E-state index in [9.17, 15) is 4.79 Å². The van der Waals surface area contributed by atoms with Crippen LogP contribution in [0.4, 0.5) is 0 Å². The van der Waals surface area contributed by atoms with Crippen molar-refractivity contribution in [1.82, 2.24) is 0 Å². The van der Waals surface area contributed by atoms with Gasteiger partial charge in [0.05, 0.1) is 0 Å². The highest BCUT2D eigenvalue weighted by atomic mass is 16.6. The molecule has 1 atom stereocenters. The summed E-state index contributed by atoms with van der Waals surface area (Å²) >= 11 is 0. The normalized spacial score (nSPS) is 11.5. The highest BCUT2D eigenvalue weighted by Gasteiger charge is 2.04. The van der Waals surface area contributed by atoms with E-state index >= 15 is 0 Å². The second-order valence-electron chi connectivity index (χ2n) is 1.97. The summed E-state index contributed by atoms with van der Waals surface area (Å²) < 4.78 is 0.